The first kappa shape index (κ1) is 20.6. The number of alkyl halides is 3. The average Bonchev–Trinajstić information content (AvgIpc) is 2.55. The molecule has 0 fully saturated rings. The largest absolute Gasteiger partial charge is 0.817 e. The number of nitro benzene ring substituents is 1. The van der Waals surface area contributed by atoms with Crippen molar-refractivity contribution in [1.29, 1.82) is 0 Å². The van der Waals surface area contributed by atoms with Crippen molar-refractivity contribution in [1.82, 2.24) is 0 Å². The lowest BCUT2D eigenvalue weighted by Gasteiger charge is -2.26. The smallest absolute Gasteiger partial charge is 0.416 e. The van der Waals surface area contributed by atoms with Gasteiger partial charge in [0.25, 0.3) is 5.69 Å². The Hall–Kier alpha value is -1.67. The van der Waals surface area contributed by atoms with Gasteiger partial charge in [-0.3, -0.25) is 10.1 Å². The van der Waals surface area contributed by atoms with E-state index in [2.05, 4.69) is 0 Å². The third-order valence-electron chi connectivity index (χ3n) is 3.41. The summed E-state index contributed by atoms with van der Waals surface area (Å²) in [6, 6.07) is 5.98. The van der Waals surface area contributed by atoms with E-state index in [0.717, 1.165) is 24.3 Å². The highest BCUT2D eigenvalue weighted by Gasteiger charge is 2.31. The second-order valence-electron chi connectivity index (χ2n) is 5.14. The van der Waals surface area contributed by atoms with E-state index in [1.807, 2.05) is 0 Å². The van der Waals surface area contributed by atoms with Crippen LogP contribution in [0.5, 0.6) is 11.5 Å². The highest BCUT2D eigenvalue weighted by atomic mass is 35.5. The van der Waals surface area contributed by atoms with Crippen LogP contribution in [0.15, 0.2) is 36.4 Å². The SMILES string of the molecule is CCP([O-])(=S)c1cc(Oc2ccc(C(F)(F)F)cc2Cl)ccc1[N+](=O)[O-]. The Morgan fingerprint density at radius 1 is 1.27 bits per heavy atom. The minimum absolute atomic E-state index is 0.0192. The third-order valence-corrected chi connectivity index (χ3v) is 7.00. The van der Waals surface area contributed by atoms with E-state index in [4.69, 9.17) is 28.1 Å². The molecule has 26 heavy (non-hydrogen) atoms. The van der Waals surface area contributed by atoms with Crippen LogP contribution in [0.3, 0.4) is 0 Å². The van der Waals surface area contributed by atoms with Crippen molar-refractivity contribution < 1.29 is 27.7 Å². The predicted octanol–water partition coefficient (Wildman–Crippen LogP) is 4.46. The maximum atomic E-state index is 12.7. The Morgan fingerprint density at radius 2 is 1.92 bits per heavy atom. The number of hydrogen-bond acceptors (Lipinski definition) is 5. The van der Waals surface area contributed by atoms with Crippen LogP contribution in [0.25, 0.3) is 0 Å². The monoisotopic (exact) mass is 424 g/mol. The van der Waals surface area contributed by atoms with Crippen molar-refractivity contribution in [3.05, 3.63) is 57.1 Å². The highest BCUT2D eigenvalue weighted by molar-refractivity contribution is 8.14. The third kappa shape index (κ3) is 4.54. The molecule has 5 nitrogen and oxygen atoms in total. The summed E-state index contributed by atoms with van der Waals surface area (Å²) in [6.07, 6.45) is -7.95. The molecule has 0 amide bonds. The molecule has 2 aromatic rings. The Balaban J connectivity index is 2.44. The van der Waals surface area contributed by atoms with Gasteiger partial charge in [0.05, 0.1) is 20.8 Å². The van der Waals surface area contributed by atoms with Crippen LogP contribution in [0.1, 0.15) is 12.5 Å². The molecular weight excluding hydrogens is 414 g/mol. The molecule has 2 aromatic carbocycles. The molecule has 0 radical (unpaired) electrons. The molecule has 1 atom stereocenters. The molecule has 0 aliphatic carbocycles. The van der Waals surface area contributed by atoms with E-state index in [1.54, 1.807) is 0 Å². The van der Waals surface area contributed by atoms with E-state index in [-0.39, 0.29) is 28.0 Å². The molecule has 0 bridgehead atoms. The lowest BCUT2D eigenvalue weighted by Crippen LogP contribution is -2.20. The number of halogens is 4. The molecule has 0 aliphatic heterocycles. The molecule has 140 valence electrons. The van der Waals surface area contributed by atoms with Gasteiger partial charge in [-0.15, -0.1) is 11.8 Å². The molecule has 0 heterocycles. The number of hydrogen-bond donors (Lipinski definition) is 0. The molecular formula is C15H11ClF3NO4PS-. The quantitative estimate of drug-likeness (QED) is 0.402. The zero-order valence-electron chi connectivity index (χ0n) is 13.1. The summed E-state index contributed by atoms with van der Waals surface area (Å²) in [5, 5.41) is 10.7. The Morgan fingerprint density at radius 3 is 2.42 bits per heavy atom. The normalized spacial score (nSPS) is 13.9. The molecule has 1 unspecified atom stereocenters. The van der Waals surface area contributed by atoms with Crippen molar-refractivity contribution >= 4 is 40.7 Å². The minimum Gasteiger partial charge on any atom is -0.817 e. The van der Waals surface area contributed by atoms with E-state index < -0.39 is 28.6 Å². The first-order chi connectivity index (χ1) is 12.0. The lowest BCUT2D eigenvalue weighted by molar-refractivity contribution is -0.383. The molecule has 11 heteroatoms. The van der Waals surface area contributed by atoms with Crippen LogP contribution in [-0.2, 0) is 18.0 Å². The van der Waals surface area contributed by atoms with Gasteiger partial charge in [0.15, 0.2) is 0 Å². The van der Waals surface area contributed by atoms with Crippen LogP contribution in [0.4, 0.5) is 18.9 Å². The number of rotatable bonds is 5. The second kappa shape index (κ2) is 7.52. The number of benzene rings is 2. The predicted molar refractivity (Wildman–Crippen MR) is 94.1 cm³/mol. The first-order valence-corrected chi connectivity index (χ1v) is 10.4. The van der Waals surface area contributed by atoms with Gasteiger partial charge < -0.3 is 9.63 Å². The fourth-order valence-corrected chi connectivity index (χ4v) is 3.88. The van der Waals surface area contributed by atoms with Gasteiger partial charge in [-0.25, -0.2) is 0 Å². The van der Waals surface area contributed by atoms with Crippen LogP contribution in [0.2, 0.25) is 5.02 Å². The van der Waals surface area contributed by atoms with Gasteiger partial charge >= 0.3 is 6.18 Å². The van der Waals surface area contributed by atoms with Crippen LogP contribution in [0, 0.1) is 10.1 Å². The Bertz CT molecular complexity index is 907. The number of nitro groups is 1. The lowest BCUT2D eigenvalue weighted by atomic mass is 10.2. The second-order valence-corrected chi connectivity index (χ2v) is 9.78. The van der Waals surface area contributed by atoms with Crippen LogP contribution >= 0.6 is 17.9 Å². The summed E-state index contributed by atoms with van der Waals surface area (Å²) < 4.78 is 43.4. The van der Waals surface area contributed by atoms with Crippen molar-refractivity contribution in [2.45, 2.75) is 13.1 Å². The summed E-state index contributed by atoms with van der Waals surface area (Å²) in [5.74, 6) is -0.0686. The van der Waals surface area contributed by atoms with Gasteiger partial charge in [0, 0.05) is 6.07 Å². The van der Waals surface area contributed by atoms with E-state index in [9.17, 15) is 28.2 Å². The van der Waals surface area contributed by atoms with Gasteiger partial charge in [-0.1, -0.05) is 24.8 Å². The summed E-state index contributed by atoms with van der Waals surface area (Å²) in [5.41, 5.74) is -1.35. The molecule has 0 spiro atoms. The number of nitrogens with zero attached hydrogens (tertiary/aromatic N) is 1. The number of ether oxygens (including phenoxy) is 1. The maximum absolute atomic E-state index is 12.7. The fraction of sp³-hybridized carbons (Fsp3) is 0.200. The molecule has 0 aliphatic rings. The molecule has 0 saturated heterocycles. The van der Waals surface area contributed by atoms with Crippen molar-refractivity contribution in [3.63, 3.8) is 0 Å². The van der Waals surface area contributed by atoms with Crippen LogP contribution in [-0.4, -0.2) is 11.1 Å². The van der Waals surface area contributed by atoms with Crippen LogP contribution < -0.4 is 14.9 Å². The standard InChI is InChI=1S/C15H12ClF3NO4PS/c1-2-25(23,26)14-8-10(4-5-12(14)20(21)22)24-13-6-3-9(7-11(13)16)15(17,18)19/h3-8H,2H2,1H3,(H,23,26)/p-1. The van der Waals surface area contributed by atoms with Gasteiger partial charge in [-0.2, -0.15) is 13.2 Å². The summed E-state index contributed by atoms with van der Waals surface area (Å²) in [6.45, 7) is 1.54. The minimum atomic E-state index is -4.56. The van der Waals surface area contributed by atoms with E-state index in [1.165, 1.54) is 13.0 Å². The van der Waals surface area contributed by atoms with E-state index in [0.29, 0.717) is 6.07 Å². The van der Waals surface area contributed by atoms with Gasteiger partial charge in [0.2, 0.25) is 0 Å². The van der Waals surface area contributed by atoms with Gasteiger partial charge in [-0.05, 0) is 36.5 Å². The fourth-order valence-electron chi connectivity index (χ4n) is 2.05. The summed E-state index contributed by atoms with van der Waals surface area (Å²) >= 11 is 10.8. The first-order valence-electron chi connectivity index (χ1n) is 7.09. The maximum Gasteiger partial charge on any atom is 0.416 e. The topological polar surface area (TPSA) is 75.4 Å². The zero-order valence-corrected chi connectivity index (χ0v) is 15.6. The Kier molecular flexibility index (Phi) is 5.97. The summed E-state index contributed by atoms with van der Waals surface area (Å²) in [4.78, 5) is 22.8. The molecule has 2 rings (SSSR count). The van der Waals surface area contributed by atoms with Crippen molar-refractivity contribution in [2.24, 2.45) is 0 Å². The zero-order chi connectivity index (χ0) is 19.7. The van der Waals surface area contributed by atoms with E-state index >= 15 is 0 Å². The van der Waals surface area contributed by atoms with Crippen molar-refractivity contribution in [3.8, 4) is 11.5 Å². The average molecular weight is 425 g/mol. The van der Waals surface area contributed by atoms with Gasteiger partial charge in [0.1, 0.15) is 11.5 Å². The van der Waals surface area contributed by atoms with Crippen molar-refractivity contribution in [2.75, 3.05) is 6.16 Å². The Labute approximate surface area is 156 Å². The highest BCUT2D eigenvalue weighted by Crippen LogP contribution is 2.41. The molecule has 0 saturated carbocycles. The summed E-state index contributed by atoms with van der Waals surface area (Å²) in [7, 11) is 0. The molecule has 0 aromatic heterocycles. The molecule has 0 N–H and O–H groups in total.